The van der Waals surface area contributed by atoms with E-state index in [1.807, 2.05) is 6.92 Å². The van der Waals surface area contributed by atoms with Gasteiger partial charge in [0, 0.05) is 38.6 Å². The van der Waals surface area contributed by atoms with Crippen molar-refractivity contribution in [2.75, 3.05) is 46.3 Å². The fraction of sp³-hybridized carbons (Fsp3) is 1.00. The first-order valence-corrected chi connectivity index (χ1v) is 7.58. The summed E-state index contributed by atoms with van der Waals surface area (Å²) in [7, 11) is 2.14. The summed E-state index contributed by atoms with van der Waals surface area (Å²) in [5, 5.41) is 3.31. The normalized spacial score (nSPS) is 20.2. The van der Waals surface area contributed by atoms with Gasteiger partial charge in [-0.15, -0.1) is 0 Å². The molecule has 1 saturated heterocycles. The fourth-order valence-corrected chi connectivity index (χ4v) is 2.43. The van der Waals surface area contributed by atoms with E-state index < -0.39 is 12.6 Å². The number of alkyl halides is 3. The van der Waals surface area contributed by atoms with E-state index in [0.29, 0.717) is 6.42 Å². The lowest BCUT2D eigenvalue weighted by Gasteiger charge is -2.32. The lowest BCUT2D eigenvalue weighted by atomic mass is 10.1. The summed E-state index contributed by atoms with van der Waals surface area (Å²) in [6.07, 6.45) is -2.81. The second-order valence-corrected chi connectivity index (χ2v) is 5.86. The van der Waals surface area contributed by atoms with E-state index in [1.54, 1.807) is 0 Å². The lowest BCUT2D eigenvalue weighted by molar-refractivity contribution is -0.135. The molecule has 20 heavy (non-hydrogen) atoms. The van der Waals surface area contributed by atoms with Crippen LogP contribution in [0.25, 0.3) is 0 Å². The van der Waals surface area contributed by atoms with E-state index in [0.717, 1.165) is 45.7 Å². The Bertz CT molecular complexity index is 251. The summed E-state index contributed by atoms with van der Waals surface area (Å²) in [5.41, 5.74) is 0. The average Bonchev–Trinajstić information content (AvgIpc) is 2.35. The fourth-order valence-electron chi connectivity index (χ4n) is 2.43. The second-order valence-electron chi connectivity index (χ2n) is 5.86. The zero-order valence-electron chi connectivity index (χ0n) is 12.7. The molecule has 3 nitrogen and oxygen atoms in total. The number of nitrogens with one attached hydrogen (secondary N) is 1. The molecule has 1 unspecified atom stereocenters. The van der Waals surface area contributed by atoms with Crippen molar-refractivity contribution in [1.82, 2.24) is 15.1 Å². The van der Waals surface area contributed by atoms with Crippen molar-refractivity contribution in [3.05, 3.63) is 0 Å². The summed E-state index contributed by atoms with van der Waals surface area (Å²) in [4.78, 5) is 4.79. The highest BCUT2D eigenvalue weighted by Gasteiger charge is 2.26. The van der Waals surface area contributed by atoms with Crippen LogP contribution in [0.15, 0.2) is 0 Å². The summed E-state index contributed by atoms with van der Waals surface area (Å²) in [6.45, 7) is 8.43. The van der Waals surface area contributed by atoms with Crippen molar-refractivity contribution < 1.29 is 13.2 Å². The smallest absolute Gasteiger partial charge is 0.314 e. The van der Waals surface area contributed by atoms with Gasteiger partial charge in [-0.25, -0.2) is 0 Å². The number of piperazine rings is 1. The predicted molar refractivity (Wildman–Crippen MR) is 75.9 cm³/mol. The molecule has 0 aromatic heterocycles. The van der Waals surface area contributed by atoms with Gasteiger partial charge in [-0.2, -0.15) is 13.2 Å². The van der Waals surface area contributed by atoms with Gasteiger partial charge in [-0.3, -0.25) is 0 Å². The Morgan fingerprint density at radius 3 is 2.35 bits per heavy atom. The third-order valence-electron chi connectivity index (χ3n) is 3.84. The van der Waals surface area contributed by atoms with Gasteiger partial charge in [0.25, 0.3) is 0 Å². The van der Waals surface area contributed by atoms with E-state index in [9.17, 15) is 13.2 Å². The minimum absolute atomic E-state index is 0.171. The molecule has 0 saturated carbocycles. The van der Waals surface area contributed by atoms with Crippen LogP contribution in [0, 0.1) is 0 Å². The van der Waals surface area contributed by atoms with Gasteiger partial charge in [-0.1, -0.05) is 0 Å². The number of halogens is 3. The van der Waals surface area contributed by atoms with Gasteiger partial charge >= 0.3 is 6.18 Å². The molecule has 6 heteroatoms. The van der Waals surface area contributed by atoms with E-state index in [-0.39, 0.29) is 12.5 Å². The van der Waals surface area contributed by atoms with Crippen LogP contribution in [-0.4, -0.2) is 68.3 Å². The summed E-state index contributed by atoms with van der Waals surface area (Å²) < 4.78 is 36.1. The van der Waals surface area contributed by atoms with E-state index in [2.05, 4.69) is 22.2 Å². The van der Waals surface area contributed by atoms with Crippen molar-refractivity contribution in [2.24, 2.45) is 0 Å². The summed E-state index contributed by atoms with van der Waals surface area (Å²) >= 11 is 0. The van der Waals surface area contributed by atoms with Gasteiger partial charge in [-0.05, 0) is 46.3 Å². The van der Waals surface area contributed by atoms with Crippen molar-refractivity contribution >= 4 is 0 Å². The molecule has 1 rings (SSSR count). The third-order valence-corrected chi connectivity index (χ3v) is 3.84. The molecule has 1 N–H and O–H groups in total. The highest BCUT2D eigenvalue weighted by Crippen LogP contribution is 2.22. The molecule has 0 amide bonds. The number of nitrogens with zero attached hydrogens (tertiary/aromatic N) is 2. The van der Waals surface area contributed by atoms with Crippen LogP contribution in [0.5, 0.6) is 0 Å². The molecule has 0 spiro atoms. The predicted octanol–water partition coefficient (Wildman–Crippen LogP) is 2.33. The average molecular weight is 295 g/mol. The van der Waals surface area contributed by atoms with Crippen LogP contribution in [0.4, 0.5) is 13.2 Å². The maximum Gasteiger partial charge on any atom is 0.389 e. The van der Waals surface area contributed by atoms with Crippen LogP contribution in [-0.2, 0) is 0 Å². The Kier molecular flexibility index (Phi) is 7.84. The lowest BCUT2D eigenvalue weighted by Crippen LogP contribution is -2.45. The van der Waals surface area contributed by atoms with Crippen LogP contribution in [0.2, 0.25) is 0 Å². The van der Waals surface area contributed by atoms with E-state index in [4.69, 9.17) is 0 Å². The molecule has 0 radical (unpaired) electrons. The molecule has 1 aliphatic heterocycles. The van der Waals surface area contributed by atoms with Gasteiger partial charge in [0.05, 0.1) is 0 Å². The number of hydrogen-bond acceptors (Lipinski definition) is 3. The quantitative estimate of drug-likeness (QED) is 0.693. The summed E-state index contributed by atoms with van der Waals surface area (Å²) in [6, 6.07) is 0.171. The largest absolute Gasteiger partial charge is 0.389 e. The van der Waals surface area contributed by atoms with Gasteiger partial charge in [0.1, 0.15) is 0 Å². The van der Waals surface area contributed by atoms with Gasteiger partial charge in [0.15, 0.2) is 0 Å². The zero-order chi connectivity index (χ0) is 15.0. The van der Waals surface area contributed by atoms with Crippen molar-refractivity contribution in [2.45, 2.75) is 44.8 Å². The molecular formula is C14H28F3N3. The molecule has 0 aromatic carbocycles. The maximum atomic E-state index is 12.0. The monoisotopic (exact) mass is 295 g/mol. The van der Waals surface area contributed by atoms with Crippen LogP contribution in [0.1, 0.15) is 32.6 Å². The Morgan fingerprint density at radius 1 is 1.10 bits per heavy atom. The molecular weight excluding hydrogens is 267 g/mol. The Labute approximate surface area is 120 Å². The number of hydrogen-bond donors (Lipinski definition) is 1. The molecule has 0 aromatic rings. The SMILES string of the molecule is CC(CCCC(F)(F)F)NCCCN1CCN(C)CC1. The molecule has 1 heterocycles. The molecule has 0 aliphatic carbocycles. The van der Waals surface area contributed by atoms with Gasteiger partial charge < -0.3 is 15.1 Å². The Balaban J connectivity index is 1.95. The standard InChI is InChI=1S/C14H28F3N3/c1-13(5-3-6-14(15,16)17)18-7-4-8-20-11-9-19(2)10-12-20/h13,18H,3-12H2,1-2H3. The zero-order valence-corrected chi connectivity index (χ0v) is 12.7. The van der Waals surface area contributed by atoms with Crippen molar-refractivity contribution in [3.8, 4) is 0 Å². The highest BCUT2D eigenvalue weighted by atomic mass is 19.4. The minimum atomic E-state index is -4.01. The number of likely N-dealkylation sites (N-methyl/N-ethyl adjacent to an activating group) is 1. The molecule has 120 valence electrons. The van der Waals surface area contributed by atoms with Gasteiger partial charge in [0.2, 0.25) is 0 Å². The van der Waals surface area contributed by atoms with Crippen LogP contribution < -0.4 is 5.32 Å². The van der Waals surface area contributed by atoms with Crippen LogP contribution >= 0.6 is 0 Å². The number of rotatable bonds is 8. The first-order valence-electron chi connectivity index (χ1n) is 7.58. The molecule has 0 bridgehead atoms. The van der Waals surface area contributed by atoms with Crippen molar-refractivity contribution in [3.63, 3.8) is 0 Å². The topological polar surface area (TPSA) is 18.5 Å². The van der Waals surface area contributed by atoms with Crippen molar-refractivity contribution in [1.29, 1.82) is 0 Å². The maximum absolute atomic E-state index is 12.0. The first kappa shape index (κ1) is 17.7. The third kappa shape index (κ3) is 8.76. The Hall–Kier alpha value is -0.330. The summed E-state index contributed by atoms with van der Waals surface area (Å²) in [5.74, 6) is 0. The minimum Gasteiger partial charge on any atom is -0.314 e. The van der Waals surface area contributed by atoms with E-state index in [1.165, 1.54) is 0 Å². The molecule has 1 atom stereocenters. The second kappa shape index (κ2) is 8.85. The first-order chi connectivity index (χ1) is 9.37. The van der Waals surface area contributed by atoms with Crippen LogP contribution in [0.3, 0.4) is 0 Å². The molecule has 1 aliphatic rings. The Morgan fingerprint density at radius 2 is 1.75 bits per heavy atom. The highest BCUT2D eigenvalue weighted by molar-refractivity contribution is 4.70. The van der Waals surface area contributed by atoms with E-state index >= 15 is 0 Å². The molecule has 1 fully saturated rings.